The number of rotatable bonds is 4. The molecule has 1 atom stereocenters. The second-order valence-corrected chi connectivity index (χ2v) is 5.53. The van der Waals surface area contributed by atoms with E-state index in [0.29, 0.717) is 14.9 Å². The summed E-state index contributed by atoms with van der Waals surface area (Å²) in [6, 6.07) is 8.82. The zero-order valence-corrected chi connectivity index (χ0v) is 12.2. The van der Waals surface area contributed by atoms with Crippen molar-refractivity contribution in [3.63, 3.8) is 0 Å². The largest absolute Gasteiger partial charge is 0.313 e. The minimum absolute atomic E-state index is 0.118. The third-order valence-corrected chi connectivity index (χ3v) is 4.31. The number of hydrogen-bond donors (Lipinski definition) is 1. The summed E-state index contributed by atoms with van der Waals surface area (Å²) in [5.41, 5.74) is 0.913. The fourth-order valence-corrected chi connectivity index (χ4v) is 2.60. The van der Waals surface area contributed by atoms with Crippen molar-refractivity contribution < 1.29 is 4.39 Å². The van der Waals surface area contributed by atoms with E-state index in [2.05, 4.69) is 10.3 Å². The maximum Gasteiger partial charge on any atom is 0.137 e. The van der Waals surface area contributed by atoms with Gasteiger partial charge >= 0.3 is 0 Å². The first-order chi connectivity index (χ1) is 9.11. The van der Waals surface area contributed by atoms with E-state index in [0.717, 1.165) is 5.56 Å². The quantitative estimate of drug-likeness (QED) is 0.910. The lowest BCUT2D eigenvalue weighted by molar-refractivity contribution is 0.587. The first kappa shape index (κ1) is 14.3. The molecule has 1 aromatic carbocycles. The molecule has 1 aromatic heterocycles. The third-order valence-electron chi connectivity index (χ3n) is 2.82. The van der Waals surface area contributed by atoms with Crippen LogP contribution in [0.15, 0.2) is 46.5 Å². The molecule has 19 heavy (non-hydrogen) atoms. The Morgan fingerprint density at radius 1 is 1.37 bits per heavy atom. The van der Waals surface area contributed by atoms with Crippen molar-refractivity contribution >= 4 is 23.4 Å². The Kier molecular flexibility index (Phi) is 4.80. The average molecular weight is 297 g/mol. The van der Waals surface area contributed by atoms with Crippen LogP contribution in [0, 0.1) is 5.82 Å². The van der Waals surface area contributed by atoms with Gasteiger partial charge in [0.2, 0.25) is 0 Å². The van der Waals surface area contributed by atoms with Crippen LogP contribution in [-0.4, -0.2) is 12.0 Å². The van der Waals surface area contributed by atoms with Crippen LogP contribution in [0.1, 0.15) is 18.5 Å². The molecule has 0 bridgehead atoms. The second-order valence-electron chi connectivity index (χ2n) is 4.09. The number of nitrogens with zero attached hydrogens (tertiary/aromatic N) is 1. The highest BCUT2D eigenvalue weighted by Crippen LogP contribution is 2.33. The molecular formula is C14H14ClFN2S. The van der Waals surface area contributed by atoms with E-state index in [-0.39, 0.29) is 11.9 Å². The van der Waals surface area contributed by atoms with Crippen molar-refractivity contribution in [1.82, 2.24) is 10.3 Å². The Morgan fingerprint density at radius 2 is 2.16 bits per heavy atom. The zero-order chi connectivity index (χ0) is 13.8. The molecule has 0 saturated carbocycles. The fourth-order valence-electron chi connectivity index (χ4n) is 1.59. The summed E-state index contributed by atoms with van der Waals surface area (Å²) in [6.07, 6.45) is 1.64. The third kappa shape index (κ3) is 3.47. The molecule has 0 fully saturated rings. The van der Waals surface area contributed by atoms with Crippen LogP contribution in [0.25, 0.3) is 0 Å². The van der Waals surface area contributed by atoms with Crippen molar-refractivity contribution in [1.29, 1.82) is 0 Å². The molecular weight excluding hydrogens is 283 g/mol. The molecule has 0 aliphatic carbocycles. The number of nitrogens with one attached hydrogen (secondary N) is 1. The lowest BCUT2D eigenvalue weighted by atomic mass is 10.1. The van der Waals surface area contributed by atoms with Crippen LogP contribution in [-0.2, 0) is 0 Å². The second kappa shape index (κ2) is 6.37. The van der Waals surface area contributed by atoms with Gasteiger partial charge in [0.15, 0.2) is 0 Å². The minimum Gasteiger partial charge on any atom is -0.313 e. The summed E-state index contributed by atoms with van der Waals surface area (Å²) in [6.45, 7) is 1.98. The highest BCUT2D eigenvalue weighted by Gasteiger charge is 2.11. The molecule has 0 saturated heterocycles. The summed E-state index contributed by atoms with van der Waals surface area (Å²) < 4.78 is 14.0. The first-order valence-corrected chi connectivity index (χ1v) is 7.06. The molecule has 1 heterocycles. The summed E-state index contributed by atoms with van der Waals surface area (Å²) in [4.78, 5) is 4.66. The van der Waals surface area contributed by atoms with Crippen molar-refractivity contribution in [3.05, 3.63) is 52.9 Å². The standard InChI is InChI=1S/C14H14ClFN2S/c1-9(17-2)10-5-6-13(12(16)8-10)19-14-11(15)4-3-7-18-14/h3-9,17H,1-2H3. The van der Waals surface area contributed by atoms with Gasteiger partial charge < -0.3 is 5.32 Å². The van der Waals surface area contributed by atoms with Crippen molar-refractivity contribution in [2.75, 3.05) is 7.05 Å². The van der Waals surface area contributed by atoms with Gasteiger partial charge in [-0.05, 0) is 43.8 Å². The van der Waals surface area contributed by atoms with E-state index in [9.17, 15) is 4.39 Å². The van der Waals surface area contributed by atoms with Crippen LogP contribution in [0.5, 0.6) is 0 Å². The van der Waals surface area contributed by atoms with E-state index >= 15 is 0 Å². The molecule has 0 aliphatic rings. The maximum atomic E-state index is 14.0. The normalized spacial score (nSPS) is 12.4. The van der Waals surface area contributed by atoms with E-state index < -0.39 is 0 Å². The molecule has 0 aliphatic heterocycles. The van der Waals surface area contributed by atoms with Gasteiger partial charge in [-0.2, -0.15) is 0 Å². The van der Waals surface area contributed by atoms with Gasteiger partial charge in [0.25, 0.3) is 0 Å². The van der Waals surface area contributed by atoms with Crippen molar-refractivity contribution in [2.45, 2.75) is 22.9 Å². The predicted molar refractivity (Wildman–Crippen MR) is 77.2 cm³/mol. The van der Waals surface area contributed by atoms with Crippen LogP contribution >= 0.6 is 23.4 Å². The number of aromatic nitrogens is 1. The highest BCUT2D eigenvalue weighted by atomic mass is 35.5. The molecule has 2 aromatic rings. The van der Waals surface area contributed by atoms with Crippen LogP contribution in [0.4, 0.5) is 4.39 Å². The predicted octanol–water partition coefficient (Wildman–Crippen LogP) is 4.31. The van der Waals surface area contributed by atoms with Gasteiger partial charge in [-0.3, -0.25) is 0 Å². The highest BCUT2D eigenvalue weighted by molar-refractivity contribution is 7.99. The molecule has 1 N–H and O–H groups in total. The minimum atomic E-state index is -0.258. The molecule has 5 heteroatoms. The Balaban J connectivity index is 2.25. The van der Waals surface area contributed by atoms with Gasteiger partial charge in [0, 0.05) is 17.1 Å². The van der Waals surface area contributed by atoms with Crippen LogP contribution in [0.2, 0.25) is 5.02 Å². The van der Waals surface area contributed by atoms with Crippen molar-refractivity contribution in [2.24, 2.45) is 0 Å². The number of hydrogen-bond acceptors (Lipinski definition) is 3. The summed E-state index contributed by atoms with van der Waals surface area (Å²) >= 11 is 7.25. The first-order valence-electron chi connectivity index (χ1n) is 5.87. The molecule has 0 amide bonds. The average Bonchev–Trinajstić information content (AvgIpc) is 2.42. The monoisotopic (exact) mass is 296 g/mol. The van der Waals surface area contributed by atoms with E-state index in [4.69, 9.17) is 11.6 Å². The number of halogens is 2. The van der Waals surface area contributed by atoms with Gasteiger partial charge in [-0.25, -0.2) is 9.37 Å². The molecule has 0 radical (unpaired) electrons. The van der Waals surface area contributed by atoms with Gasteiger partial charge in [-0.1, -0.05) is 29.4 Å². The van der Waals surface area contributed by atoms with Gasteiger partial charge in [-0.15, -0.1) is 0 Å². The van der Waals surface area contributed by atoms with Gasteiger partial charge in [0.05, 0.1) is 5.02 Å². The smallest absolute Gasteiger partial charge is 0.137 e. The topological polar surface area (TPSA) is 24.9 Å². The summed E-state index contributed by atoms with van der Waals surface area (Å²) in [5, 5.41) is 4.22. The van der Waals surface area contributed by atoms with Crippen LogP contribution < -0.4 is 5.32 Å². The molecule has 0 spiro atoms. The Morgan fingerprint density at radius 3 is 2.79 bits per heavy atom. The fraction of sp³-hybridized carbons (Fsp3) is 0.214. The molecule has 2 nitrogen and oxygen atoms in total. The number of benzene rings is 1. The molecule has 2 rings (SSSR count). The van der Waals surface area contributed by atoms with Crippen LogP contribution in [0.3, 0.4) is 0 Å². The molecule has 100 valence electrons. The SMILES string of the molecule is CNC(C)c1ccc(Sc2ncccc2Cl)c(F)c1. The van der Waals surface area contributed by atoms with Crippen molar-refractivity contribution in [3.8, 4) is 0 Å². The van der Waals surface area contributed by atoms with E-state index in [1.54, 1.807) is 30.5 Å². The Bertz CT molecular complexity index is 577. The lowest BCUT2D eigenvalue weighted by Crippen LogP contribution is -2.12. The summed E-state index contributed by atoms with van der Waals surface area (Å²) in [7, 11) is 1.85. The van der Waals surface area contributed by atoms with Gasteiger partial charge in [0.1, 0.15) is 10.8 Å². The Labute approximate surface area is 121 Å². The summed E-state index contributed by atoms with van der Waals surface area (Å²) in [5.74, 6) is -0.258. The molecule has 1 unspecified atom stereocenters. The number of pyridine rings is 1. The maximum absolute atomic E-state index is 14.0. The zero-order valence-electron chi connectivity index (χ0n) is 10.7. The Hall–Kier alpha value is -1.10. The van der Waals surface area contributed by atoms with E-state index in [1.165, 1.54) is 11.8 Å². The van der Waals surface area contributed by atoms with E-state index in [1.807, 2.05) is 20.0 Å². The lowest BCUT2D eigenvalue weighted by Gasteiger charge is -2.12.